The van der Waals surface area contributed by atoms with E-state index in [1.54, 1.807) is 45.3 Å². The molecule has 0 unspecified atom stereocenters. The van der Waals surface area contributed by atoms with Crippen LogP contribution >= 0.6 is 45.3 Å². The van der Waals surface area contributed by atoms with Crippen molar-refractivity contribution in [2.24, 2.45) is 11.8 Å². The van der Waals surface area contributed by atoms with Crippen LogP contribution in [0.3, 0.4) is 0 Å². The van der Waals surface area contributed by atoms with Crippen molar-refractivity contribution in [1.82, 2.24) is 10.6 Å². The van der Waals surface area contributed by atoms with E-state index in [4.69, 9.17) is 0 Å². The molecule has 4 nitrogen and oxygen atoms in total. The first kappa shape index (κ1) is 22.5. The summed E-state index contributed by atoms with van der Waals surface area (Å²) < 4.78 is 0. The molecule has 0 bridgehead atoms. The van der Waals surface area contributed by atoms with Crippen molar-refractivity contribution in [3.05, 3.63) is 69.0 Å². The highest BCUT2D eigenvalue weighted by atomic mass is 32.1. The Morgan fingerprint density at radius 2 is 1.18 bits per heavy atom. The molecule has 2 N–H and O–H groups in total. The summed E-state index contributed by atoms with van der Waals surface area (Å²) in [6, 6.07) is 16.7. The van der Waals surface area contributed by atoms with Gasteiger partial charge in [-0.15, -0.1) is 45.3 Å². The number of carbonyl (C=O) groups excluding carboxylic acids is 2. The lowest BCUT2D eigenvalue weighted by Crippen LogP contribution is -2.39. The maximum absolute atomic E-state index is 12.9. The quantitative estimate of drug-likeness (QED) is 0.279. The van der Waals surface area contributed by atoms with Gasteiger partial charge in [-0.2, -0.15) is 0 Å². The molecule has 33 heavy (non-hydrogen) atoms. The Morgan fingerprint density at radius 1 is 0.697 bits per heavy atom. The van der Waals surface area contributed by atoms with Gasteiger partial charge in [-0.3, -0.25) is 9.59 Å². The smallest absolute Gasteiger partial charge is 0.224 e. The van der Waals surface area contributed by atoms with Crippen LogP contribution in [0.2, 0.25) is 0 Å². The van der Waals surface area contributed by atoms with Crippen LogP contribution in [0.5, 0.6) is 0 Å². The number of hydrogen-bond donors (Lipinski definition) is 2. The number of nitrogens with one attached hydrogen (secondary N) is 2. The summed E-state index contributed by atoms with van der Waals surface area (Å²) >= 11 is 6.86. The lowest BCUT2D eigenvalue weighted by Gasteiger charge is -2.18. The Kier molecular flexibility index (Phi) is 7.06. The van der Waals surface area contributed by atoms with E-state index in [-0.39, 0.29) is 23.7 Å². The Bertz CT molecular complexity index is 1110. The molecule has 4 heterocycles. The topological polar surface area (TPSA) is 58.2 Å². The van der Waals surface area contributed by atoms with E-state index in [1.165, 1.54) is 19.5 Å². The lowest BCUT2D eigenvalue weighted by atomic mass is 9.94. The molecule has 4 aromatic heterocycles. The second kappa shape index (κ2) is 10.3. The molecule has 1 aliphatic carbocycles. The first-order valence-electron chi connectivity index (χ1n) is 11.0. The number of thiophene rings is 4. The average molecular weight is 513 g/mol. The molecule has 1 fully saturated rings. The first-order chi connectivity index (χ1) is 16.2. The van der Waals surface area contributed by atoms with Gasteiger partial charge in [-0.1, -0.05) is 18.6 Å². The minimum Gasteiger partial charge on any atom is -0.351 e. The zero-order chi connectivity index (χ0) is 22.6. The summed E-state index contributed by atoms with van der Waals surface area (Å²) in [5.74, 6) is -0.497. The normalized spacial score (nSPS) is 17.8. The second-order valence-electron chi connectivity index (χ2n) is 8.07. The summed E-state index contributed by atoms with van der Waals surface area (Å²) in [5.41, 5.74) is 0. The summed E-state index contributed by atoms with van der Waals surface area (Å²) in [6.45, 7) is 1.03. The maximum atomic E-state index is 12.9. The summed E-state index contributed by atoms with van der Waals surface area (Å²) in [4.78, 5) is 33.0. The summed E-state index contributed by atoms with van der Waals surface area (Å²) in [7, 11) is 0. The van der Waals surface area contributed by atoms with Crippen molar-refractivity contribution >= 4 is 57.2 Å². The van der Waals surface area contributed by atoms with Crippen molar-refractivity contribution < 1.29 is 9.59 Å². The van der Waals surface area contributed by atoms with Gasteiger partial charge in [-0.25, -0.2) is 0 Å². The third-order valence-corrected chi connectivity index (χ3v) is 10.2. The van der Waals surface area contributed by atoms with Gasteiger partial charge in [0, 0.05) is 41.1 Å². The predicted octanol–water partition coefficient (Wildman–Crippen LogP) is 6.62. The van der Waals surface area contributed by atoms with Gasteiger partial charge in [0.05, 0.1) is 13.1 Å². The van der Waals surface area contributed by atoms with Crippen LogP contribution in [-0.2, 0) is 22.7 Å². The van der Waals surface area contributed by atoms with Gasteiger partial charge < -0.3 is 10.6 Å². The molecular weight excluding hydrogens is 489 g/mol. The van der Waals surface area contributed by atoms with Crippen LogP contribution in [0.4, 0.5) is 0 Å². The van der Waals surface area contributed by atoms with Gasteiger partial charge >= 0.3 is 0 Å². The highest BCUT2D eigenvalue weighted by molar-refractivity contribution is 7.21. The van der Waals surface area contributed by atoms with Crippen LogP contribution in [0.1, 0.15) is 29.0 Å². The molecule has 0 radical (unpaired) electrons. The Balaban J connectivity index is 1.13. The minimum atomic E-state index is -0.244. The van der Waals surface area contributed by atoms with Gasteiger partial charge in [-0.05, 0) is 60.0 Å². The molecular formula is C25H24N2O2S4. The third kappa shape index (κ3) is 5.30. The fourth-order valence-electron chi connectivity index (χ4n) is 4.25. The third-order valence-electron chi connectivity index (χ3n) is 5.91. The minimum absolute atomic E-state index is 0.00479. The van der Waals surface area contributed by atoms with Gasteiger partial charge in [0.2, 0.25) is 11.8 Å². The SMILES string of the molecule is O=C(NCc1ccc(-c2cccs2)s1)[C@@H]1CCC[C@H]1C(=O)NCc1ccc(-c2cccs2)s1. The molecule has 0 aromatic carbocycles. The van der Waals surface area contributed by atoms with Gasteiger partial charge in [0.15, 0.2) is 0 Å². The molecule has 2 amide bonds. The fourth-order valence-corrected chi connectivity index (χ4v) is 7.81. The zero-order valence-electron chi connectivity index (χ0n) is 17.9. The van der Waals surface area contributed by atoms with Crippen LogP contribution < -0.4 is 10.6 Å². The zero-order valence-corrected chi connectivity index (χ0v) is 21.2. The fraction of sp³-hybridized carbons (Fsp3) is 0.280. The standard InChI is InChI=1S/C25H24N2O2S4/c28-24(26-14-16-8-10-22(32-16)20-6-2-12-30-20)18-4-1-5-19(18)25(29)27-15-17-9-11-23(33-17)21-7-3-13-31-21/h2-3,6-13,18-19H,1,4-5,14-15H2,(H,26,28)(H,27,29)/t18-,19-/m1/s1. The highest BCUT2D eigenvalue weighted by Gasteiger charge is 2.37. The number of amides is 2. The van der Waals surface area contributed by atoms with E-state index in [2.05, 4.69) is 57.8 Å². The largest absolute Gasteiger partial charge is 0.351 e. The molecule has 0 spiro atoms. The Hall–Kier alpha value is -2.26. The number of rotatable bonds is 8. The molecule has 2 atom stereocenters. The van der Waals surface area contributed by atoms with Crippen LogP contribution in [0.15, 0.2) is 59.3 Å². The summed E-state index contributed by atoms with van der Waals surface area (Å²) in [6.07, 6.45) is 2.46. The molecule has 5 rings (SSSR count). The van der Waals surface area contributed by atoms with E-state index < -0.39 is 0 Å². The predicted molar refractivity (Wildman–Crippen MR) is 140 cm³/mol. The molecule has 8 heteroatoms. The van der Waals surface area contributed by atoms with E-state index in [0.29, 0.717) is 13.1 Å². The lowest BCUT2D eigenvalue weighted by molar-refractivity contribution is -0.133. The monoisotopic (exact) mass is 512 g/mol. The molecule has 170 valence electrons. The first-order valence-corrected chi connectivity index (χ1v) is 14.4. The number of carbonyl (C=O) groups is 2. The van der Waals surface area contributed by atoms with Crippen molar-refractivity contribution in [2.75, 3.05) is 0 Å². The van der Waals surface area contributed by atoms with E-state index >= 15 is 0 Å². The Labute approximate surface area is 209 Å². The van der Waals surface area contributed by atoms with E-state index in [1.807, 2.05) is 12.1 Å². The van der Waals surface area contributed by atoms with E-state index in [0.717, 1.165) is 29.0 Å². The number of hydrogen-bond acceptors (Lipinski definition) is 6. The van der Waals surface area contributed by atoms with Crippen molar-refractivity contribution in [1.29, 1.82) is 0 Å². The molecule has 1 saturated carbocycles. The van der Waals surface area contributed by atoms with Gasteiger partial charge in [0.25, 0.3) is 0 Å². The van der Waals surface area contributed by atoms with Crippen molar-refractivity contribution in [3.8, 4) is 19.5 Å². The van der Waals surface area contributed by atoms with Gasteiger partial charge in [0.1, 0.15) is 0 Å². The Morgan fingerprint density at radius 3 is 1.61 bits per heavy atom. The van der Waals surface area contributed by atoms with Crippen LogP contribution in [0.25, 0.3) is 19.5 Å². The van der Waals surface area contributed by atoms with E-state index in [9.17, 15) is 9.59 Å². The molecule has 1 aliphatic rings. The second-order valence-corrected chi connectivity index (χ2v) is 12.3. The molecule has 0 aliphatic heterocycles. The van der Waals surface area contributed by atoms with Crippen LogP contribution in [-0.4, -0.2) is 11.8 Å². The van der Waals surface area contributed by atoms with Crippen molar-refractivity contribution in [2.45, 2.75) is 32.4 Å². The highest BCUT2D eigenvalue weighted by Crippen LogP contribution is 2.34. The maximum Gasteiger partial charge on any atom is 0.224 e. The van der Waals surface area contributed by atoms with Crippen molar-refractivity contribution in [3.63, 3.8) is 0 Å². The summed E-state index contributed by atoms with van der Waals surface area (Å²) in [5, 5.41) is 10.3. The van der Waals surface area contributed by atoms with Crippen LogP contribution in [0, 0.1) is 11.8 Å². The molecule has 0 saturated heterocycles. The average Bonchev–Trinajstić information content (AvgIpc) is 3.64. The molecule has 4 aromatic rings.